The Bertz CT molecular complexity index is 394. The van der Waals surface area contributed by atoms with Gasteiger partial charge in [0.15, 0.2) is 0 Å². The number of nitrogen functional groups attached to an aromatic ring is 1. The lowest BCUT2D eigenvalue weighted by Crippen LogP contribution is -2.26. The van der Waals surface area contributed by atoms with Crippen LogP contribution in [0.3, 0.4) is 0 Å². The number of rotatable bonds is 4. The van der Waals surface area contributed by atoms with E-state index < -0.39 is 18.5 Å². The summed E-state index contributed by atoms with van der Waals surface area (Å²) < 4.78 is 35.4. The molecule has 0 bridgehead atoms. The molecule has 1 aromatic heterocycles. The zero-order valence-corrected chi connectivity index (χ0v) is 8.79. The van der Waals surface area contributed by atoms with Crippen molar-refractivity contribution >= 4 is 11.7 Å². The Morgan fingerprint density at radius 1 is 1.41 bits per heavy atom. The first-order chi connectivity index (χ1) is 7.88. The van der Waals surface area contributed by atoms with Gasteiger partial charge in [0.25, 0.3) is 5.91 Å². The molecule has 17 heavy (non-hydrogen) atoms. The highest BCUT2D eigenvalue weighted by molar-refractivity contribution is 5.92. The lowest BCUT2D eigenvalue weighted by molar-refractivity contribution is -0.135. The van der Waals surface area contributed by atoms with Gasteiger partial charge in [0, 0.05) is 13.0 Å². The van der Waals surface area contributed by atoms with Gasteiger partial charge < -0.3 is 11.1 Å². The minimum absolute atomic E-state index is 0.0167. The highest BCUT2D eigenvalue weighted by atomic mass is 19.4. The molecule has 0 saturated carbocycles. The van der Waals surface area contributed by atoms with Crippen LogP contribution in [0.1, 0.15) is 23.3 Å². The standard InChI is InChI=1S/C9H11F3N4O/c10-9(11,12)2-1-3-15-8(17)6-4-14-5-7(13)16-6/h4-5H,1-3H2,(H2,13,16)(H,15,17). The van der Waals surface area contributed by atoms with Crippen LogP contribution in [0.2, 0.25) is 0 Å². The van der Waals surface area contributed by atoms with Crippen molar-refractivity contribution in [1.82, 2.24) is 15.3 Å². The van der Waals surface area contributed by atoms with Gasteiger partial charge in [-0.05, 0) is 6.42 Å². The molecule has 1 amide bonds. The van der Waals surface area contributed by atoms with E-state index in [9.17, 15) is 18.0 Å². The van der Waals surface area contributed by atoms with Gasteiger partial charge in [-0.2, -0.15) is 13.2 Å². The molecule has 1 aromatic rings. The molecule has 0 atom stereocenters. The van der Waals surface area contributed by atoms with Crippen LogP contribution in [0.15, 0.2) is 12.4 Å². The number of hydrogen-bond donors (Lipinski definition) is 2. The van der Waals surface area contributed by atoms with Crippen molar-refractivity contribution < 1.29 is 18.0 Å². The topological polar surface area (TPSA) is 80.9 Å². The van der Waals surface area contributed by atoms with E-state index in [1.165, 1.54) is 12.4 Å². The summed E-state index contributed by atoms with van der Waals surface area (Å²) in [5, 5.41) is 2.30. The van der Waals surface area contributed by atoms with Crippen molar-refractivity contribution in [2.24, 2.45) is 0 Å². The molecule has 0 spiro atoms. The van der Waals surface area contributed by atoms with E-state index in [1.54, 1.807) is 0 Å². The van der Waals surface area contributed by atoms with Crippen molar-refractivity contribution in [3.63, 3.8) is 0 Å². The number of aromatic nitrogens is 2. The third-order valence-electron chi connectivity index (χ3n) is 1.81. The first kappa shape index (κ1) is 13.2. The number of nitrogens with zero attached hydrogens (tertiary/aromatic N) is 2. The molecule has 0 radical (unpaired) electrons. The smallest absolute Gasteiger partial charge is 0.382 e. The van der Waals surface area contributed by atoms with Crippen molar-refractivity contribution in [3.8, 4) is 0 Å². The summed E-state index contributed by atoms with van der Waals surface area (Å²) >= 11 is 0. The second-order valence-corrected chi connectivity index (χ2v) is 3.30. The van der Waals surface area contributed by atoms with Gasteiger partial charge in [0.05, 0.1) is 12.4 Å². The highest BCUT2D eigenvalue weighted by Gasteiger charge is 2.26. The third-order valence-corrected chi connectivity index (χ3v) is 1.81. The number of halogens is 3. The van der Waals surface area contributed by atoms with Gasteiger partial charge in [-0.1, -0.05) is 0 Å². The van der Waals surface area contributed by atoms with Crippen molar-refractivity contribution in [3.05, 3.63) is 18.1 Å². The number of nitrogens with two attached hydrogens (primary N) is 1. The van der Waals surface area contributed by atoms with Crippen LogP contribution < -0.4 is 11.1 Å². The summed E-state index contributed by atoms with van der Waals surface area (Å²) in [5.41, 5.74) is 5.29. The Morgan fingerprint density at radius 3 is 2.71 bits per heavy atom. The van der Waals surface area contributed by atoms with E-state index in [0.29, 0.717) is 0 Å². The average Bonchev–Trinajstić information content (AvgIpc) is 2.23. The Labute approximate surface area is 95.2 Å². The Kier molecular flexibility index (Phi) is 4.24. The lowest BCUT2D eigenvalue weighted by atomic mass is 10.3. The van der Waals surface area contributed by atoms with Crippen molar-refractivity contribution in [1.29, 1.82) is 0 Å². The van der Waals surface area contributed by atoms with Crippen LogP contribution in [0.4, 0.5) is 19.0 Å². The molecule has 1 heterocycles. The minimum atomic E-state index is -4.21. The van der Waals surface area contributed by atoms with E-state index in [2.05, 4.69) is 15.3 Å². The molecule has 1 rings (SSSR count). The molecule has 0 aliphatic heterocycles. The van der Waals surface area contributed by atoms with Crippen LogP contribution in [-0.2, 0) is 0 Å². The van der Waals surface area contributed by atoms with Gasteiger partial charge in [0.2, 0.25) is 0 Å². The highest BCUT2D eigenvalue weighted by Crippen LogP contribution is 2.20. The van der Waals surface area contributed by atoms with Crippen molar-refractivity contribution in [2.75, 3.05) is 12.3 Å². The first-order valence-corrected chi connectivity index (χ1v) is 4.81. The fraction of sp³-hybridized carbons (Fsp3) is 0.444. The lowest BCUT2D eigenvalue weighted by Gasteiger charge is -2.07. The Morgan fingerprint density at radius 2 is 2.12 bits per heavy atom. The first-order valence-electron chi connectivity index (χ1n) is 4.81. The number of hydrogen-bond acceptors (Lipinski definition) is 4. The predicted octanol–water partition coefficient (Wildman–Crippen LogP) is 1.13. The largest absolute Gasteiger partial charge is 0.389 e. The number of nitrogens with one attached hydrogen (secondary N) is 1. The zero-order chi connectivity index (χ0) is 12.9. The van der Waals surface area contributed by atoms with E-state index in [-0.39, 0.29) is 24.5 Å². The normalized spacial score (nSPS) is 11.2. The van der Waals surface area contributed by atoms with Gasteiger partial charge in [0.1, 0.15) is 11.5 Å². The average molecular weight is 248 g/mol. The number of alkyl halides is 3. The molecule has 94 valence electrons. The molecule has 5 nitrogen and oxygen atoms in total. The van der Waals surface area contributed by atoms with Gasteiger partial charge in [-0.15, -0.1) is 0 Å². The Balaban J connectivity index is 2.36. The second kappa shape index (κ2) is 5.46. The molecule has 0 unspecified atom stereocenters. The summed E-state index contributed by atoms with van der Waals surface area (Å²) in [6.45, 7) is -0.0746. The molecule has 0 aromatic carbocycles. The quantitative estimate of drug-likeness (QED) is 0.783. The second-order valence-electron chi connectivity index (χ2n) is 3.30. The number of carbonyl (C=O) groups excluding carboxylic acids is 1. The van der Waals surface area contributed by atoms with Gasteiger partial charge in [-0.25, -0.2) is 4.98 Å². The monoisotopic (exact) mass is 248 g/mol. The number of amides is 1. The van der Waals surface area contributed by atoms with Crippen LogP contribution in [0.5, 0.6) is 0 Å². The summed E-state index contributed by atoms with van der Waals surface area (Å²) in [5.74, 6) is -0.514. The fourth-order valence-electron chi connectivity index (χ4n) is 1.07. The minimum Gasteiger partial charge on any atom is -0.382 e. The van der Waals surface area contributed by atoms with Crippen LogP contribution in [0, 0.1) is 0 Å². The third kappa shape index (κ3) is 5.14. The Hall–Kier alpha value is -1.86. The molecule has 0 aliphatic rings. The summed E-state index contributed by atoms with van der Waals surface area (Å²) in [6, 6.07) is 0. The van der Waals surface area contributed by atoms with E-state index in [0.717, 1.165) is 0 Å². The molecule has 0 aliphatic carbocycles. The van der Waals surface area contributed by atoms with E-state index in [1.807, 2.05) is 0 Å². The maximum absolute atomic E-state index is 11.8. The summed E-state index contributed by atoms with van der Waals surface area (Å²) in [4.78, 5) is 18.7. The van der Waals surface area contributed by atoms with Crippen LogP contribution >= 0.6 is 0 Å². The van der Waals surface area contributed by atoms with Gasteiger partial charge in [-0.3, -0.25) is 9.78 Å². The zero-order valence-electron chi connectivity index (χ0n) is 8.79. The predicted molar refractivity (Wildman–Crippen MR) is 54.1 cm³/mol. The maximum atomic E-state index is 11.8. The fourth-order valence-corrected chi connectivity index (χ4v) is 1.07. The summed E-state index contributed by atoms with van der Waals surface area (Å²) in [6.07, 6.45) is -2.86. The van der Waals surface area contributed by atoms with E-state index >= 15 is 0 Å². The summed E-state index contributed by atoms with van der Waals surface area (Å²) in [7, 11) is 0. The van der Waals surface area contributed by atoms with E-state index in [4.69, 9.17) is 5.73 Å². The molecule has 8 heteroatoms. The molecule has 0 fully saturated rings. The molecular formula is C9H11F3N4O. The maximum Gasteiger partial charge on any atom is 0.389 e. The molecule has 0 saturated heterocycles. The SMILES string of the molecule is Nc1cncc(C(=O)NCCCC(F)(F)F)n1. The van der Waals surface area contributed by atoms with Crippen LogP contribution in [0.25, 0.3) is 0 Å². The van der Waals surface area contributed by atoms with Gasteiger partial charge >= 0.3 is 6.18 Å². The van der Waals surface area contributed by atoms with Crippen molar-refractivity contribution in [2.45, 2.75) is 19.0 Å². The molecular weight excluding hydrogens is 237 g/mol. The van der Waals surface area contributed by atoms with Crippen LogP contribution in [-0.4, -0.2) is 28.6 Å². The number of anilines is 1. The molecule has 3 N–H and O–H groups in total. The number of carbonyl (C=O) groups is 1.